The van der Waals surface area contributed by atoms with E-state index in [9.17, 15) is 4.79 Å². The zero-order valence-electron chi connectivity index (χ0n) is 18.5. The minimum Gasteiger partial charge on any atom is -0.497 e. The van der Waals surface area contributed by atoms with E-state index in [0.717, 1.165) is 40.2 Å². The Morgan fingerprint density at radius 1 is 1.18 bits per heavy atom. The number of nitrogens with one attached hydrogen (secondary N) is 1. The van der Waals surface area contributed by atoms with Gasteiger partial charge >= 0.3 is 0 Å². The molecular formula is C25H26N4O3S. The van der Waals surface area contributed by atoms with E-state index in [-0.39, 0.29) is 12.5 Å². The summed E-state index contributed by atoms with van der Waals surface area (Å²) < 4.78 is 12.7. The summed E-state index contributed by atoms with van der Waals surface area (Å²) in [6.45, 7) is 0.0417. The molecular weight excluding hydrogens is 436 g/mol. The predicted molar refractivity (Wildman–Crippen MR) is 130 cm³/mol. The molecule has 0 spiro atoms. The van der Waals surface area contributed by atoms with Gasteiger partial charge in [-0.25, -0.2) is 4.68 Å². The number of hydrogen-bond acceptors (Lipinski definition) is 6. The fraction of sp³-hybridized carbons (Fsp3) is 0.320. The van der Waals surface area contributed by atoms with Gasteiger partial charge in [-0.2, -0.15) is 5.10 Å². The van der Waals surface area contributed by atoms with Crippen LogP contribution in [-0.4, -0.2) is 36.6 Å². The lowest BCUT2D eigenvalue weighted by Gasteiger charge is -2.18. The normalized spacial score (nSPS) is 17.0. The van der Waals surface area contributed by atoms with Gasteiger partial charge in [0.05, 0.1) is 30.7 Å². The van der Waals surface area contributed by atoms with Gasteiger partial charge < -0.3 is 14.8 Å². The quantitative estimate of drug-likeness (QED) is 0.560. The average Bonchev–Trinajstić information content (AvgIpc) is 3.25. The number of carbonyl (C=O) groups excluding carboxylic acids is 1. The Labute approximate surface area is 196 Å². The third-order valence-electron chi connectivity index (χ3n) is 5.88. The molecule has 5 rings (SSSR count). The largest absolute Gasteiger partial charge is 0.497 e. The van der Waals surface area contributed by atoms with Crippen LogP contribution < -0.4 is 19.6 Å². The molecule has 2 aromatic carbocycles. The zero-order valence-corrected chi connectivity index (χ0v) is 19.3. The standard InChI is InChI=1S/C25H26N4O3S/c1-31-20-9-5-6-17(12-20)14-26-29-22(16-33-25(29)27-19-7-3-2-4-8-19)18-10-11-23-21(13-18)28-24(30)15-32-23/h5-6,9-14,16,19H,2-4,7-8,15H2,1H3,(H,28,30)/b26-14+,27-25?. The molecule has 33 heavy (non-hydrogen) atoms. The van der Waals surface area contributed by atoms with Crippen LogP contribution in [0.3, 0.4) is 0 Å². The topological polar surface area (TPSA) is 77.2 Å². The molecule has 1 aliphatic carbocycles. The van der Waals surface area contributed by atoms with E-state index in [1.54, 1.807) is 18.4 Å². The van der Waals surface area contributed by atoms with E-state index in [1.807, 2.05) is 53.4 Å². The van der Waals surface area contributed by atoms with E-state index < -0.39 is 0 Å². The van der Waals surface area contributed by atoms with Crippen LogP contribution in [0, 0.1) is 0 Å². The van der Waals surface area contributed by atoms with Crippen LogP contribution >= 0.6 is 11.3 Å². The maximum absolute atomic E-state index is 11.8. The summed E-state index contributed by atoms with van der Waals surface area (Å²) in [5.74, 6) is 1.31. The molecule has 0 radical (unpaired) electrons. The van der Waals surface area contributed by atoms with Gasteiger partial charge in [0, 0.05) is 10.9 Å². The SMILES string of the molecule is COc1cccc(/C=N/n2c(-c3ccc4c(c3)NC(=O)CO4)csc2=NC2CCCCC2)c1. The molecule has 2 heterocycles. The Kier molecular flexibility index (Phi) is 6.26. The zero-order chi connectivity index (χ0) is 22.6. The minimum absolute atomic E-state index is 0.0417. The smallest absolute Gasteiger partial charge is 0.262 e. The summed E-state index contributed by atoms with van der Waals surface area (Å²) in [7, 11) is 1.65. The second kappa shape index (κ2) is 9.62. The average molecular weight is 463 g/mol. The lowest BCUT2D eigenvalue weighted by Crippen LogP contribution is -2.25. The number of hydrogen-bond donors (Lipinski definition) is 1. The van der Waals surface area contributed by atoms with E-state index in [1.165, 1.54) is 19.3 Å². The predicted octanol–water partition coefficient (Wildman–Crippen LogP) is 4.67. The van der Waals surface area contributed by atoms with Crippen molar-refractivity contribution in [1.82, 2.24) is 4.68 Å². The van der Waals surface area contributed by atoms with Gasteiger partial charge in [-0.05, 0) is 48.7 Å². The second-order valence-corrected chi connectivity index (χ2v) is 9.04. The summed E-state index contributed by atoms with van der Waals surface area (Å²) in [6, 6.07) is 13.9. The number of nitrogens with zero attached hydrogens (tertiary/aromatic N) is 3. The molecule has 1 N–H and O–H groups in total. The molecule has 0 unspecified atom stereocenters. The molecule has 170 valence electrons. The number of carbonyl (C=O) groups is 1. The number of aromatic nitrogens is 1. The molecule has 1 amide bonds. The maximum atomic E-state index is 11.8. The summed E-state index contributed by atoms with van der Waals surface area (Å²) >= 11 is 1.58. The van der Waals surface area contributed by atoms with Crippen molar-refractivity contribution in [2.45, 2.75) is 38.1 Å². The Balaban J connectivity index is 1.56. The first-order chi connectivity index (χ1) is 16.2. The van der Waals surface area contributed by atoms with Crippen molar-refractivity contribution in [2.75, 3.05) is 19.0 Å². The van der Waals surface area contributed by atoms with E-state index in [0.29, 0.717) is 17.5 Å². The lowest BCUT2D eigenvalue weighted by molar-refractivity contribution is -0.118. The number of benzene rings is 2. The van der Waals surface area contributed by atoms with Gasteiger partial charge in [0.2, 0.25) is 4.80 Å². The molecule has 1 aromatic heterocycles. The highest BCUT2D eigenvalue weighted by atomic mass is 32.1. The number of thiazole rings is 1. The Bertz CT molecular complexity index is 1250. The molecule has 2 aliphatic rings. The van der Waals surface area contributed by atoms with Crippen molar-refractivity contribution in [3.05, 3.63) is 58.2 Å². The van der Waals surface area contributed by atoms with Crippen molar-refractivity contribution in [3.63, 3.8) is 0 Å². The maximum Gasteiger partial charge on any atom is 0.262 e. The third-order valence-corrected chi connectivity index (χ3v) is 6.71. The minimum atomic E-state index is -0.151. The summed E-state index contributed by atoms with van der Waals surface area (Å²) in [5, 5.41) is 9.77. The fourth-order valence-electron chi connectivity index (χ4n) is 4.15. The first-order valence-electron chi connectivity index (χ1n) is 11.2. The van der Waals surface area contributed by atoms with Gasteiger partial charge in [0.25, 0.3) is 5.91 Å². The van der Waals surface area contributed by atoms with Gasteiger partial charge in [-0.15, -0.1) is 11.3 Å². The monoisotopic (exact) mass is 462 g/mol. The highest BCUT2D eigenvalue weighted by molar-refractivity contribution is 7.07. The molecule has 0 bridgehead atoms. The highest BCUT2D eigenvalue weighted by Gasteiger charge is 2.18. The van der Waals surface area contributed by atoms with Gasteiger partial charge in [-0.3, -0.25) is 9.79 Å². The van der Waals surface area contributed by atoms with E-state index >= 15 is 0 Å². The molecule has 0 saturated heterocycles. The van der Waals surface area contributed by atoms with Crippen LogP contribution in [-0.2, 0) is 4.79 Å². The number of anilines is 1. The molecule has 7 nitrogen and oxygen atoms in total. The van der Waals surface area contributed by atoms with Crippen molar-refractivity contribution >= 4 is 29.1 Å². The van der Waals surface area contributed by atoms with Gasteiger partial charge in [0.15, 0.2) is 6.61 Å². The van der Waals surface area contributed by atoms with Crippen molar-refractivity contribution < 1.29 is 14.3 Å². The number of rotatable bonds is 5. The van der Waals surface area contributed by atoms with Gasteiger partial charge in [-0.1, -0.05) is 31.4 Å². The summed E-state index contributed by atoms with van der Waals surface area (Å²) in [4.78, 5) is 17.7. The number of ether oxygens (including phenoxy) is 2. The molecule has 1 fully saturated rings. The highest BCUT2D eigenvalue weighted by Crippen LogP contribution is 2.33. The summed E-state index contributed by atoms with van der Waals surface area (Å²) in [5.41, 5.74) is 3.46. The Hall–Kier alpha value is -3.39. The van der Waals surface area contributed by atoms with E-state index in [2.05, 4.69) is 10.7 Å². The van der Waals surface area contributed by atoms with Crippen LogP contribution in [0.4, 0.5) is 5.69 Å². The number of amides is 1. The van der Waals surface area contributed by atoms with Crippen molar-refractivity contribution in [1.29, 1.82) is 0 Å². The molecule has 3 aromatic rings. The first kappa shape index (κ1) is 21.5. The Morgan fingerprint density at radius 2 is 2.06 bits per heavy atom. The van der Waals surface area contributed by atoms with Gasteiger partial charge in [0.1, 0.15) is 11.5 Å². The first-order valence-corrected chi connectivity index (χ1v) is 12.1. The number of methoxy groups -OCH3 is 1. The lowest BCUT2D eigenvalue weighted by atomic mass is 9.96. The van der Waals surface area contributed by atoms with Crippen LogP contribution in [0.2, 0.25) is 0 Å². The number of fused-ring (bicyclic) bond motifs is 1. The van der Waals surface area contributed by atoms with Crippen LogP contribution in [0.1, 0.15) is 37.7 Å². The molecule has 8 heteroatoms. The third kappa shape index (κ3) is 4.85. The van der Waals surface area contributed by atoms with Crippen molar-refractivity contribution in [2.24, 2.45) is 10.1 Å². The molecule has 0 atom stereocenters. The van der Waals surface area contributed by atoms with Crippen molar-refractivity contribution in [3.8, 4) is 22.8 Å². The second-order valence-electron chi connectivity index (χ2n) is 8.21. The van der Waals surface area contributed by atoms with E-state index in [4.69, 9.17) is 19.6 Å². The fourth-order valence-corrected chi connectivity index (χ4v) is 5.06. The van der Waals surface area contributed by atoms with Crippen LogP contribution in [0.25, 0.3) is 11.3 Å². The molecule has 1 saturated carbocycles. The van der Waals surface area contributed by atoms with Crippen LogP contribution in [0.15, 0.2) is 57.9 Å². The molecule has 1 aliphatic heterocycles. The summed E-state index contributed by atoms with van der Waals surface area (Å²) in [6.07, 6.45) is 7.80. The van der Waals surface area contributed by atoms with Crippen LogP contribution in [0.5, 0.6) is 11.5 Å². The Morgan fingerprint density at radius 3 is 2.91 bits per heavy atom.